The highest BCUT2D eigenvalue weighted by molar-refractivity contribution is 14.1. The molecule has 0 heterocycles. The monoisotopic (exact) mass is 352 g/mol. The van der Waals surface area contributed by atoms with Gasteiger partial charge in [0.15, 0.2) is 18.3 Å². The van der Waals surface area contributed by atoms with Crippen molar-refractivity contribution >= 4 is 22.6 Å². The Morgan fingerprint density at radius 3 is 2.53 bits per heavy atom. The zero-order chi connectivity index (χ0) is 12.7. The van der Waals surface area contributed by atoms with E-state index in [9.17, 15) is 0 Å². The van der Waals surface area contributed by atoms with E-state index in [-0.39, 0.29) is 13.4 Å². The topological polar surface area (TPSA) is 47.9 Å². The molecule has 0 atom stereocenters. The molecule has 0 saturated heterocycles. The Morgan fingerprint density at radius 1 is 1.18 bits per heavy atom. The van der Waals surface area contributed by atoms with E-state index in [0.29, 0.717) is 24.7 Å². The summed E-state index contributed by atoms with van der Waals surface area (Å²) in [4.78, 5) is 0. The van der Waals surface area contributed by atoms with E-state index in [1.807, 2.05) is 19.9 Å². The minimum absolute atomic E-state index is 0.0121. The molecule has 0 saturated carbocycles. The van der Waals surface area contributed by atoms with Crippen molar-refractivity contribution in [3.8, 4) is 11.5 Å². The smallest absolute Gasteiger partial charge is 0.189 e. The third kappa shape index (κ3) is 4.33. The minimum Gasteiger partial charge on any atom is -0.490 e. The Bertz CT molecular complexity index is 355. The van der Waals surface area contributed by atoms with E-state index in [1.165, 1.54) is 0 Å². The van der Waals surface area contributed by atoms with Gasteiger partial charge in [-0.1, -0.05) is 0 Å². The summed E-state index contributed by atoms with van der Waals surface area (Å²) in [6.07, 6.45) is 0. The molecule has 0 aromatic heterocycles. The van der Waals surface area contributed by atoms with Crippen molar-refractivity contribution in [2.75, 3.05) is 20.0 Å². The molecular formula is C12H17IO4. The first-order valence-corrected chi connectivity index (χ1v) is 6.57. The van der Waals surface area contributed by atoms with Gasteiger partial charge in [-0.2, -0.15) is 0 Å². The molecule has 5 heteroatoms. The average molecular weight is 352 g/mol. The SMILES string of the molecule is CCOCOc1c(I)cc(CO)cc1OCC. The van der Waals surface area contributed by atoms with Crippen LogP contribution in [-0.2, 0) is 11.3 Å². The maximum absolute atomic E-state index is 9.14. The van der Waals surface area contributed by atoms with E-state index in [0.717, 1.165) is 9.13 Å². The summed E-state index contributed by atoms with van der Waals surface area (Å²) >= 11 is 2.15. The van der Waals surface area contributed by atoms with E-state index < -0.39 is 0 Å². The lowest BCUT2D eigenvalue weighted by Crippen LogP contribution is -2.06. The molecule has 0 radical (unpaired) electrons. The molecule has 0 aliphatic rings. The quantitative estimate of drug-likeness (QED) is 0.466. The number of rotatable bonds is 7. The molecule has 0 unspecified atom stereocenters. The van der Waals surface area contributed by atoms with Crippen LogP contribution in [0.15, 0.2) is 12.1 Å². The maximum Gasteiger partial charge on any atom is 0.189 e. The summed E-state index contributed by atoms with van der Waals surface area (Å²) in [5.74, 6) is 1.31. The Balaban J connectivity index is 2.90. The van der Waals surface area contributed by atoms with Crippen LogP contribution in [0.25, 0.3) is 0 Å². The minimum atomic E-state index is -0.0121. The van der Waals surface area contributed by atoms with Crippen LogP contribution in [0.1, 0.15) is 19.4 Å². The summed E-state index contributed by atoms with van der Waals surface area (Å²) in [7, 11) is 0. The summed E-state index contributed by atoms with van der Waals surface area (Å²) < 4.78 is 17.1. The molecule has 0 bridgehead atoms. The summed E-state index contributed by atoms with van der Waals surface area (Å²) in [6, 6.07) is 3.65. The van der Waals surface area contributed by atoms with Crippen molar-refractivity contribution in [2.45, 2.75) is 20.5 Å². The van der Waals surface area contributed by atoms with Gasteiger partial charge in [0.25, 0.3) is 0 Å². The van der Waals surface area contributed by atoms with Gasteiger partial charge in [-0.3, -0.25) is 0 Å². The first-order chi connectivity index (χ1) is 8.22. The zero-order valence-electron chi connectivity index (χ0n) is 10.0. The van der Waals surface area contributed by atoms with E-state index >= 15 is 0 Å². The van der Waals surface area contributed by atoms with Crippen LogP contribution < -0.4 is 9.47 Å². The van der Waals surface area contributed by atoms with Gasteiger partial charge >= 0.3 is 0 Å². The number of hydrogen-bond donors (Lipinski definition) is 1. The number of halogens is 1. The van der Waals surface area contributed by atoms with Crippen molar-refractivity contribution in [3.63, 3.8) is 0 Å². The summed E-state index contributed by atoms with van der Waals surface area (Å²) in [5, 5.41) is 9.14. The maximum atomic E-state index is 9.14. The highest BCUT2D eigenvalue weighted by Gasteiger charge is 2.11. The molecule has 1 rings (SSSR count). The Morgan fingerprint density at radius 2 is 1.94 bits per heavy atom. The van der Waals surface area contributed by atoms with Crippen molar-refractivity contribution in [1.29, 1.82) is 0 Å². The molecular weight excluding hydrogens is 335 g/mol. The molecule has 96 valence electrons. The predicted octanol–water partition coefficient (Wildman–Crippen LogP) is 2.56. The highest BCUT2D eigenvalue weighted by atomic mass is 127. The molecule has 0 aliphatic carbocycles. The number of hydrogen-bond acceptors (Lipinski definition) is 4. The second-order valence-corrected chi connectivity index (χ2v) is 4.41. The zero-order valence-corrected chi connectivity index (χ0v) is 12.2. The third-order valence-corrected chi connectivity index (χ3v) is 2.84. The average Bonchev–Trinajstić information content (AvgIpc) is 2.32. The van der Waals surface area contributed by atoms with Crippen LogP contribution in [0.4, 0.5) is 0 Å². The molecule has 0 aliphatic heterocycles. The lowest BCUT2D eigenvalue weighted by Gasteiger charge is -2.14. The van der Waals surface area contributed by atoms with Crippen LogP contribution in [0.2, 0.25) is 0 Å². The van der Waals surface area contributed by atoms with E-state index in [2.05, 4.69) is 22.6 Å². The lowest BCUT2D eigenvalue weighted by molar-refractivity contribution is 0.0200. The van der Waals surface area contributed by atoms with Crippen LogP contribution in [0.3, 0.4) is 0 Å². The first kappa shape index (κ1) is 14.5. The number of aliphatic hydroxyl groups excluding tert-OH is 1. The fourth-order valence-corrected chi connectivity index (χ4v) is 2.12. The van der Waals surface area contributed by atoms with Crippen molar-refractivity contribution in [1.82, 2.24) is 0 Å². The molecule has 1 N–H and O–H groups in total. The normalized spacial score (nSPS) is 10.4. The van der Waals surface area contributed by atoms with Crippen LogP contribution in [0, 0.1) is 3.57 Å². The van der Waals surface area contributed by atoms with Crippen LogP contribution in [-0.4, -0.2) is 25.1 Å². The fourth-order valence-electron chi connectivity index (χ4n) is 1.30. The molecule has 4 nitrogen and oxygen atoms in total. The summed E-state index contributed by atoms with van der Waals surface area (Å²) in [5.41, 5.74) is 0.807. The van der Waals surface area contributed by atoms with Gasteiger partial charge in [0.2, 0.25) is 0 Å². The molecule has 0 spiro atoms. The second kappa shape index (κ2) is 7.73. The number of benzene rings is 1. The molecule has 1 aromatic rings. The van der Waals surface area contributed by atoms with Gasteiger partial charge in [-0.25, -0.2) is 0 Å². The number of aliphatic hydroxyl groups is 1. The number of ether oxygens (including phenoxy) is 3. The summed E-state index contributed by atoms with van der Waals surface area (Å²) in [6.45, 7) is 5.16. The van der Waals surface area contributed by atoms with Crippen LogP contribution >= 0.6 is 22.6 Å². The Labute approximate surface area is 115 Å². The Kier molecular flexibility index (Phi) is 6.61. The molecule has 17 heavy (non-hydrogen) atoms. The van der Waals surface area contributed by atoms with Crippen molar-refractivity contribution in [2.24, 2.45) is 0 Å². The van der Waals surface area contributed by atoms with Gasteiger partial charge in [0, 0.05) is 6.61 Å². The fraction of sp³-hybridized carbons (Fsp3) is 0.500. The largest absolute Gasteiger partial charge is 0.490 e. The van der Waals surface area contributed by atoms with Gasteiger partial charge < -0.3 is 19.3 Å². The van der Waals surface area contributed by atoms with Crippen molar-refractivity contribution < 1.29 is 19.3 Å². The standard InChI is InChI=1S/C12H17IO4/c1-3-15-8-17-12-10(13)5-9(7-14)6-11(12)16-4-2/h5-6,14H,3-4,7-8H2,1-2H3. The first-order valence-electron chi connectivity index (χ1n) is 5.49. The lowest BCUT2D eigenvalue weighted by atomic mass is 10.2. The van der Waals surface area contributed by atoms with E-state index in [4.69, 9.17) is 19.3 Å². The van der Waals surface area contributed by atoms with E-state index in [1.54, 1.807) is 6.07 Å². The van der Waals surface area contributed by atoms with Gasteiger partial charge in [-0.05, 0) is 54.1 Å². The third-order valence-electron chi connectivity index (χ3n) is 2.04. The predicted molar refractivity (Wildman–Crippen MR) is 73.4 cm³/mol. The second-order valence-electron chi connectivity index (χ2n) is 3.25. The van der Waals surface area contributed by atoms with Gasteiger partial charge in [0.1, 0.15) is 0 Å². The molecule has 0 fully saturated rings. The highest BCUT2D eigenvalue weighted by Crippen LogP contribution is 2.34. The van der Waals surface area contributed by atoms with Gasteiger partial charge in [0.05, 0.1) is 16.8 Å². The molecule has 1 aromatic carbocycles. The van der Waals surface area contributed by atoms with Crippen LogP contribution in [0.5, 0.6) is 11.5 Å². The van der Waals surface area contributed by atoms with Gasteiger partial charge in [-0.15, -0.1) is 0 Å². The molecule has 0 amide bonds. The van der Waals surface area contributed by atoms with Crippen molar-refractivity contribution in [3.05, 3.63) is 21.3 Å². The Hall–Kier alpha value is -0.530.